The number of nitrogens with zero attached hydrogens (tertiary/aromatic N) is 2. The van der Waals surface area contributed by atoms with E-state index in [2.05, 4.69) is 5.43 Å². The molecule has 3 N–H and O–H groups in total. The molecule has 0 aliphatic carbocycles. The Hall–Kier alpha value is -1.90. The molecule has 8 nitrogen and oxygen atoms in total. The molecule has 0 aliphatic rings. The molecular weight excluding hydrogens is 276 g/mol. The SMILES string of the molecule is COCCCN(CCOC)c1cc(NN)cc([N+](=O)[O-])c1. The molecule has 0 saturated carbocycles. The monoisotopic (exact) mass is 298 g/mol. The third-order valence-corrected chi connectivity index (χ3v) is 2.99. The molecule has 0 atom stereocenters. The fourth-order valence-corrected chi connectivity index (χ4v) is 1.94. The minimum atomic E-state index is -0.437. The number of hydrazine groups is 1. The average molecular weight is 298 g/mol. The highest BCUT2D eigenvalue weighted by Crippen LogP contribution is 2.26. The van der Waals surface area contributed by atoms with Gasteiger partial charge in [-0.05, 0) is 12.5 Å². The molecule has 0 bridgehead atoms. The second-order valence-corrected chi connectivity index (χ2v) is 4.47. The van der Waals surface area contributed by atoms with E-state index in [0.717, 1.165) is 12.1 Å². The smallest absolute Gasteiger partial charge is 0.273 e. The van der Waals surface area contributed by atoms with E-state index in [1.54, 1.807) is 20.3 Å². The van der Waals surface area contributed by atoms with Crippen LogP contribution in [0.4, 0.5) is 17.1 Å². The number of rotatable bonds is 10. The summed E-state index contributed by atoms with van der Waals surface area (Å²) in [5.74, 6) is 5.37. The van der Waals surface area contributed by atoms with Crippen molar-refractivity contribution in [2.24, 2.45) is 5.84 Å². The number of nitrogens with one attached hydrogen (secondary N) is 1. The number of anilines is 2. The number of methoxy groups -OCH3 is 2. The van der Waals surface area contributed by atoms with Crippen LogP contribution in [0.15, 0.2) is 18.2 Å². The summed E-state index contributed by atoms with van der Waals surface area (Å²) in [7, 11) is 3.26. The molecule has 118 valence electrons. The van der Waals surface area contributed by atoms with E-state index in [1.807, 2.05) is 4.90 Å². The molecule has 0 saturated heterocycles. The molecule has 21 heavy (non-hydrogen) atoms. The maximum atomic E-state index is 11.0. The van der Waals surface area contributed by atoms with E-state index in [9.17, 15) is 10.1 Å². The quantitative estimate of drug-likeness (QED) is 0.291. The molecule has 0 spiro atoms. The van der Waals surface area contributed by atoms with Crippen LogP contribution in [0.2, 0.25) is 0 Å². The van der Waals surface area contributed by atoms with Crippen molar-refractivity contribution < 1.29 is 14.4 Å². The molecule has 0 aromatic heterocycles. The van der Waals surface area contributed by atoms with Crippen LogP contribution in [0, 0.1) is 10.1 Å². The van der Waals surface area contributed by atoms with Crippen molar-refractivity contribution in [3.8, 4) is 0 Å². The van der Waals surface area contributed by atoms with Crippen LogP contribution < -0.4 is 16.2 Å². The van der Waals surface area contributed by atoms with Gasteiger partial charge in [0.1, 0.15) is 0 Å². The lowest BCUT2D eigenvalue weighted by Crippen LogP contribution is -2.29. The van der Waals surface area contributed by atoms with Crippen molar-refractivity contribution in [3.05, 3.63) is 28.3 Å². The summed E-state index contributed by atoms with van der Waals surface area (Å²) in [5, 5.41) is 11.0. The Kier molecular flexibility index (Phi) is 7.44. The van der Waals surface area contributed by atoms with Crippen LogP contribution in [0.5, 0.6) is 0 Å². The molecule has 0 amide bonds. The molecular formula is C13H22N4O4. The summed E-state index contributed by atoms with van der Waals surface area (Å²) in [6.45, 7) is 2.50. The topological polar surface area (TPSA) is 103 Å². The van der Waals surface area contributed by atoms with Gasteiger partial charge >= 0.3 is 0 Å². The zero-order valence-corrected chi connectivity index (χ0v) is 12.4. The van der Waals surface area contributed by atoms with Crippen LogP contribution in [0.3, 0.4) is 0 Å². The van der Waals surface area contributed by atoms with Crippen molar-refractivity contribution in [2.45, 2.75) is 6.42 Å². The highest BCUT2D eigenvalue weighted by molar-refractivity contribution is 5.64. The van der Waals surface area contributed by atoms with E-state index in [4.69, 9.17) is 15.3 Å². The molecule has 1 aromatic rings. The Morgan fingerprint density at radius 3 is 2.52 bits per heavy atom. The highest BCUT2D eigenvalue weighted by Gasteiger charge is 2.14. The van der Waals surface area contributed by atoms with Crippen molar-refractivity contribution in [2.75, 3.05) is 50.8 Å². The zero-order valence-electron chi connectivity index (χ0n) is 12.4. The van der Waals surface area contributed by atoms with E-state index in [1.165, 1.54) is 12.1 Å². The van der Waals surface area contributed by atoms with Crippen LogP contribution in [-0.4, -0.2) is 45.4 Å². The molecule has 1 rings (SSSR count). The fraction of sp³-hybridized carbons (Fsp3) is 0.538. The predicted octanol–water partition coefficient (Wildman–Crippen LogP) is 1.37. The summed E-state index contributed by atoms with van der Waals surface area (Å²) in [4.78, 5) is 12.6. The predicted molar refractivity (Wildman–Crippen MR) is 81.5 cm³/mol. The minimum Gasteiger partial charge on any atom is -0.385 e. The normalized spacial score (nSPS) is 10.4. The molecule has 0 heterocycles. The number of ether oxygens (including phenoxy) is 2. The van der Waals surface area contributed by atoms with E-state index < -0.39 is 4.92 Å². The number of hydrogen-bond acceptors (Lipinski definition) is 7. The third-order valence-electron chi connectivity index (χ3n) is 2.99. The Morgan fingerprint density at radius 2 is 1.95 bits per heavy atom. The van der Waals surface area contributed by atoms with Gasteiger partial charge in [-0.3, -0.25) is 16.0 Å². The van der Waals surface area contributed by atoms with Gasteiger partial charge in [0.2, 0.25) is 0 Å². The third kappa shape index (κ3) is 5.54. The van der Waals surface area contributed by atoms with E-state index in [0.29, 0.717) is 32.0 Å². The van der Waals surface area contributed by atoms with Crippen molar-refractivity contribution >= 4 is 17.1 Å². The first-order valence-corrected chi connectivity index (χ1v) is 6.61. The molecule has 0 fully saturated rings. The number of nitrogens with two attached hydrogens (primary N) is 1. The second kappa shape index (κ2) is 9.11. The number of non-ortho nitro benzene ring substituents is 1. The van der Waals surface area contributed by atoms with Gasteiger partial charge in [0, 0.05) is 51.7 Å². The van der Waals surface area contributed by atoms with Crippen molar-refractivity contribution in [1.82, 2.24) is 0 Å². The average Bonchev–Trinajstić information content (AvgIpc) is 2.50. The Bertz CT molecular complexity index is 456. The van der Waals surface area contributed by atoms with Gasteiger partial charge < -0.3 is 19.8 Å². The van der Waals surface area contributed by atoms with Gasteiger partial charge in [0.15, 0.2) is 0 Å². The number of hydrogen-bond donors (Lipinski definition) is 2. The molecule has 0 radical (unpaired) electrons. The lowest BCUT2D eigenvalue weighted by atomic mass is 10.2. The fourth-order valence-electron chi connectivity index (χ4n) is 1.94. The molecule has 1 aromatic carbocycles. The summed E-state index contributed by atoms with van der Waals surface area (Å²) in [5.41, 5.74) is 3.67. The first kappa shape index (κ1) is 17.2. The zero-order chi connectivity index (χ0) is 15.7. The van der Waals surface area contributed by atoms with Crippen LogP contribution >= 0.6 is 0 Å². The van der Waals surface area contributed by atoms with Crippen LogP contribution in [0.25, 0.3) is 0 Å². The lowest BCUT2D eigenvalue weighted by molar-refractivity contribution is -0.384. The Morgan fingerprint density at radius 1 is 1.24 bits per heavy atom. The molecule has 0 aliphatic heterocycles. The summed E-state index contributed by atoms with van der Waals surface area (Å²) in [6, 6.07) is 4.70. The van der Waals surface area contributed by atoms with E-state index >= 15 is 0 Å². The van der Waals surface area contributed by atoms with Crippen molar-refractivity contribution in [3.63, 3.8) is 0 Å². The number of nitro groups is 1. The second-order valence-electron chi connectivity index (χ2n) is 4.47. The number of nitrogen functional groups attached to an aromatic ring is 1. The van der Waals surface area contributed by atoms with Gasteiger partial charge in [-0.2, -0.15) is 0 Å². The van der Waals surface area contributed by atoms with Crippen LogP contribution in [-0.2, 0) is 9.47 Å². The number of benzene rings is 1. The van der Waals surface area contributed by atoms with Gasteiger partial charge in [0.25, 0.3) is 5.69 Å². The van der Waals surface area contributed by atoms with Gasteiger partial charge in [-0.25, -0.2) is 0 Å². The van der Waals surface area contributed by atoms with Gasteiger partial charge in [0.05, 0.1) is 17.2 Å². The maximum Gasteiger partial charge on any atom is 0.273 e. The Labute approximate surface area is 123 Å². The van der Waals surface area contributed by atoms with E-state index in [-0.39, 0.29) is 5.69 Å². The largest absolute Gasteiger partial charge is 0.385 e. The Balaban J connectivity index is 2.97. The van der Waals surface area contributed by atoms with Crippen LogP contribution in [0.1, 0.15) is 6.42 Å². The molecule has 8 heteroatoms. The number of nitro benzene ring substituents is 1. The van der Waals surface area contributed by atoms with Gasteiger partial charge in [-0.15, -0.1) is 0 Å². The summed E-state index contributed by atoms with van der Waals surface area (Å²) >= 11 is 0. The first-order chi connectivity index (χ1) is 10.1. The lowest BCUT2D eigenvalue weighted by Gasteiger charge is -2.25. The maximum absolute atomic E-state index is 11.0. The standard InChI is InChI=1S/C13H22N4O4/c1-20-6-3-4-16(5-7-21-2)12-8-11(15-14)9-13(10-12)17(18)19/h8-10,15H,3-7,14H2,1-2H3. The van der Waals surface area contributed by atoms with Gasteiger partial charge in [-0.1, -0.05) is 0 Å². The summed E-state index contributed by atoms with van der Waals surface area (Å²) < 4.78 is 10.1. The minimum absolute atomic E-state index is 0.00499. The highest BCUT2D eigenvalue weighted by atomic mass is 16.6. The van der Waals surface area contributed by atoms with Crippen molar-refractivity contribution in [1.29, 1.82) is 0 Å². The summed E-state index contributed by atoms with van der Waals surface area (Å²) in [6.07, 6.45) is 0.814. The first-order valence-electron chi connectivity index (χ1n) is 6.61. The molecule has 0 unspecified atom stereocenters.